The van der Waals surface area contributed by atoms with E-state index in [4.69, 9.17) is 12.2 Å². The van der Waals surface area contributed by atoms with Crippen LogP contribution in [0.3, 0.4) is 0 Å². The molecule has 0 aliphatic rings. The van der Waals surface area contributed by atoms with Crippen molar-refractivity contribution in [3.8, 4) is 11.4 Å². The zero-order valence-corrected chi connectivity index (χ0v) is 15.9. The first-order chi connectivity index (χ1) is 12.7. The number of hydrogen-bond donors (Lipinski definition) is 0. The largest absolute Gasteiger partial charge is 0.241 e. The summed E-state index contributed by atoms with van der Waals surface area (Å²) in [5.41, 5.74) is 2.55. The first kappa shape index (κ1) is 17.1. The lowest BCUT2D eigenvalue weighted by Crippen LogP contribution is -1.96. The Hall–Kier alpha value is -2.29. The second-order valence-corrected chi connectivity index (χ2v) is 8.25. The Morgan fingerprint density at radius 3 is 2.62 bits per heavy atom. The molecule has 8 heteroatoms. The van der Waals surface area contributed by atoms with E-state index in [9.17, 15) is 4.39 Å². The molecule has 0 spiro atoms. The van der Waals surface area contributed by atoms with Gasteiger partial charge in [-0.25, -0.2) is 13.8 Å². The van der Waals surface area contributed by atoms with Crippen molar-refractivity contribution in [3.05, 3.63) is 82.3 Å². The van der Waals surface area contributed by atoms with E-state index < -0.39 is 0 Å². The lowest BCUT2D eigenvalue weighted by Gasteiger charge is -2.01. The van der Waals surface area contributed by atoms with Crippen molar-refractivity contribution < 1.29 is 4.39 Å². The summed E-state index contributed by atoms with van der Waals surface area (Å²) in [4.78, 5) is 0. The first-order valence-electron chi connectivity index (χ1n) is 7.78. The molecule has 4 rings (SSSR count). The number of halogens is 1. The average molecular weight is 401 g/mol. The Morgan fingerprint density at radius 2 is 1.81 bits per heavy atom. The van der Waals surface area contributed by atoms with Crippen LogP contribution >= 0.6 is 35.3 Å². The minimum absolute atomic E-state index is 0.278. The molecular formula is C18H13FN4S3. The monoisotopic (exact) mass is 400 g/mol. The van der Waals surface area contributed by atoms with Crippen LogP contribution in [0.25, 0.3) is 11.4 Å². The maximum atomic E-state index is 13.3. The van der Waals surface area contributed by atoms with E-state index >= 15 is 0 Å². The highest BCUT2D eigenvalue weighted by Crippen LogP contribution is 2.26. The number of nitrogens with zero attached hydrogens (tertiary/aromatic N) is 4. The SMILES string of the molecule is Fc1cccc(-n2ccc(CSc3nn(-c4ccccc4)c(=S)s3)n2)c1. The normalized spacial score (nSPS) is 11.0. The molecule has 0 fully saturated rings. The summed E-state index contributed by atoms with van der Waals surface area (Å²) in [5, 5.41) is 9.08. The Morgan fingerprint density at radius 1 is 1.00 bits per heavy atom. The first-order valence-corrected chi connectivity index (χ1v) is 9.99. The Balaban J connectivity index is 1.48. The Bertz CT molecular complexity index is 1090. The lowest BCUT2D eigenvalue weighted by atomic mass is 10.3. The van der Waals surface area contributed by atoms with Crippen LogP contribution in [0.1, 0.15) is 5.69 Å². The summed E-state index contributed by atoms with van der Waals surface area (Å²) in [6.07, 6.45) is 1.83. The van der Waals surface area contributed by atoms with Crippen LogP contribution in [0, 0.1) is 9.77 Å². The summed E-state index contributed by atoms with van der Waals surface area (Å²) >= 11 is 8.48. The van der Waals surface area contributed by atoms with Gasteiger partial charge in [0.25, 0.3) is 0 Å². The second-order valence-electron chi connectivity index (χ2n) is 5.40. The molecule has 0 atom stereocenters. The quantitative estimate of drug-likeness (QED) is 0.337. The predicted molar refractivity (Wildman–Crippen MR) is 105 cm³/mol. The molecule has 2 heterocycles. The van der Waals surface area contributed by atoms with Crippen molar-refractivity contribution in [1.82, 2.24) is 19.6 Å². The second kappa shape index (κ2) is 7.53. The molecule has 0 amide bonds. The number of para-hydroxylation sites is 1. The van der Waals surface area contributed by atoms with Gasteiger partial charge in [-0.2, -0.15) is 5.10 Å². The van der Waals surface area contributed by atoms with Gasteiger partial charge in [0.2, 0.25) is 0 Å². The maximum Gasteiger partial charge on any atom is 0.184 e. The highest BCUT2D eigenvalue weighted by atomic mass is 32.2. The van der Waals surface area contributed by atoms with Gasteiger partial charge in [-0.05, 0) is 48.6 Å². The molecule has 0 aliphatic heterocycles. The van der Waals surface area contributed by atoms with Gasteiger partial charge < -0.3 is 0 Å². The number of hydrogen-bond acceptors (Lipinski definition) is 5. The molecule has 0 saturated carbocycles. The molecule has 0 bridgehead atoms. The van der Waals surface area contributed by atoms with Gasteiger partial charge in [0, 0.05) is 11.9 Å². The van der Waals surface area contributed by atoms with Crippen molar-refractivity contribution in [1.29, 1.82) is 0 Å². The van der Waals surface area contributed by atoms with Crippen molar-refractivity contribution in [2.45, 2.75) is 10.1 Å². The van der Waals surface area contributed by atoms with Crippen LogP contribution in [-0.4, -0.2) is 19.6 Å². The summed E-state index contributed by atoms with van der Waals surface area (Å²) in [5.74, 6) is 0.388. The number of benzene rings is 2. The molecule has 130 valence electrons. The van der Waals surface area contributed by atoms with Crippen LogP contribution in [0.5, 0.6) is 0 Å². The van der Waals surface area contributed by atoms with E-state index in [1.54, 1.807) is 27.2 Å². The molecule has 0 N–H and O–H groups in total. The molecular weight excluding hydrogens is 387 g/mol. The van der Waals surface area contributed by atoms with E-state index in [-0.39, 0.29) is 5.82 Å². The maximum absolute atomic E-state index is 13.3. The highest BCUT2D eigenvalue weighted by Gasteiger charge is 2.08. The third kappa shape index (κ3) is 3.77. The van der Waals surface area contributed by atoms with E-state index in [1.165, 1.54) is 23.5 Å². The third-order valence-electron chi connectivity index (χ3n) is 3.59. The molecule has 2 aromatic carbocycles. The van der Waals surface area contributed by atoms with Crippen molar-refractivity contribution >= 4 is 35.3 Å². The van der Waals surface area contributed by atoms with Crippen molar-refractivity contribution in [3.63, 3.8) is 0 Å². The van der Waals surface area contributed by atoms with Crippen LogP contribution in [0.4, 0.5) is 4.39 Å². The van der Waals surface area contributed by atoms with Crippen LogP contribution in [-0.2, 0) is 5.75 Å². The zero-order valence-electron chi connectivity index (χ0n) is 13.4. The molecule has 0 unspecified atom stereocenters. The van der Waals surface area contributed by atoms with Crippen LogP contribution in [0.2, 0.25) is 0 Å². The fourth-order valence-electron chi connectivity index (χ4n) is 2.39. The van der Waals surface area contributed by atoms with Crippen molar-refractivity contribution in [2.24, 2.45) is 0 Å². The van der Waals surface area contributed by atoms with Gasteiger partial charge in [-0.3, -0.25) is 0 Å². The van der Waals surface area contributed by atoms with Crippen LogP contribution < -0.4 is 0 Å². The summed E-state index contributed by atoms with van der Waals surface area (Å²) in [6.45, 7) is 0. The molecule has 4 nitrogen and oxygen atoms in total. The lowest BCUT2D eigenvalue weighted by molar-refractivity contribution is 0.625. The molecule has 0 aliphatic carbocycles. The summed E-state index contributed by atoms with van der Waals surface area (Å²) < 4.78 is 18.4. The van der Waals surface area contributed by atoms with Gasteiger partial charge in [0.05, 0.1) is 17.1 Å². The fraction of sp³-hybridized carbons (Fsp3) is 0.0556. The molecule has 26 heavy (non-hydrogen) atoms. The van der Waals surface area contributed by atoms with Gasteiger partial charge in [0.15, 0.2) is 8.29 Å². The van der Waals surface area contributed by atoms with Gasteiger partial charge >= 0.3 is 0 Å². The molecule has 2 aromatic heterocycles. The van der Waals surface area contributed by atoms with Gasteiger partial charge in [-0.15, -0.1) is 5.10 Å². The number of thioether (sulfide) groups is 1. The average Bonchev–Trinajstić information content (AvgIpc) is 3.27. The molecule has 0 radical (unpaired) electrons. The summed E-state index contributed by atoms with van der Waals surface area (Å²) in [7, 11) is 0. The molecule has 4 aromatic rings. The zero-order chi connectivity index (χ0) is 17.9. The number of rotatable bonds is 5. The van der Waals surface area contributed by atoms with E-state index in [0.717, 1.165) is 15.7 Å². The van der Waals surface area contributed by atoms with Gasteiger partial charge in [-0.1, -0.05) is 47.4 Å². The van der Waals surface area contributed by atoms with E-state index in [2.05, 4.69) is 10.2 Å². The standard InChI is InChI=1S/C18H13FN4S3/c19-13-5-4-8-16(11-13)22-10-9-14(20-22)12-25-17-21-23(18(24)26-17)15-6-2-1-3-7-15/h1-11H,12H2. The minimum atomic E-state index is -0.278. The van der Waals surface area contributed by atoms with E-state index in [0.29, 0.717) is 15.4 Å². The van der Waals surface area contributed by atoms with E-state index in [1.807, 2.05) is 48.7 Å². The fourth-order valence-corrected chi connectivity index (χ4v) is 4.65. The molecule has 0 saturated heterocycles. The smallest absolute Gasteiger partial charge is 0.184 e. The topological polar surface area (TPSA) is 35.6 Å². The minimum Gasteiger partial charge on any atom is -0.241 e. The number of aromatic nitrogens is 4. The highest BCUT2D eigenvalue weighted by molar-refractivity contribution is 8.00. The Kier molecular flexibility index (Phi) is 4.96. The van der Waals surface area contributed by atoms with Crippen LogP contribution in [0.15, 0.2) is 71.2 Å². The summed E-state index contributed by atoms with van der Waals surface area (Å²) in [6, 6.07) is 18.1. The van der Waals surface area contributed by atoms with Gasteiger partial charge in [0.1, 0.15) is 5.82 Å². The van der Waals surface area contributed by atoms with Crippen molar-refractivity contribution in [2.75, 3.05) is 0 Å². The Labute approximate surface area is 162 Å². The predicted octanol–water partition coefficient (Wildman–Crippen LogP) is 5.28. The third-order valence-corrected chi connectivity index (χ3v) is 5.99.